The summed E-state index contributed by atoms with van der Waals surface area (Å²) >= 11 is -2.24. The van der Waals surface area contributed by atoms with E-state index in [0.29, 0.717) is 0 Å². The average Bonchev–Trinajstić information content (AvgIpc) is 2.07. The summed E-state index contributed by atoms with van der Waals surface area (Å²) in [6, 6.07) is 3.81. The van der Waals surface area contributed by atoms with Gasteiger partial charge in [-0.25, -0.2) is 4.21 Å². The van der Waals surface area contributed by atoms with E-state index in [-0.39, 0.29) is 22.2 Å². The quantitative estimate of drug-likeness (QED) is 0.506. The third-order valence-corrected chi connectivity index (χ3v) is 2.18. The summed E-state index contributed by atoms with van der Waals surface area (Å²) < 4.78 is 19.7. The molecule has 1 rings (SSSR count). The summed E-state index contributed by atoms with van der Waals surface area (Å²) in [5, 5.41) is 11.4. The van der Waals surface area contributed by atoms with Crippen LogP contribution in [0, 0.1) is 0 Å². The lowest BCUT2D eigenvalue weighted by molar-refractivity contribution is -0.114. The van der Waals surface area contributed by atoms with Crippen LogP contribution in [-0.4, -0.2) is 19.8 Å². The Kier molecular flexibility index (Phi) is 3.21. The second kappa shape index (κ2) is 4.21. The predicted molar refractivity (Wildman–Crippen MR) is 51.4 cm³/mol. The van der Waals surface area contributed by atoms with E-state index < -0.39 is 11.1 Å². The first kappa shape index (κ1) is 10.7. The molecule has 3 N–H and O–H groups in total. The second-order valence-electron chi connectivity index (χ2n) is 2.61. The van der Waals surface area contributed by atoms with E-state index >= 15 is 0 Å². The first-order chi connectivity index (χ1) is 6.50. The highest BCUT2D eigenvalue weighted by molar-refractivity contribution is 7.79. The Bertz CT molecular complexity index is 391. The first-order valence-corrected chi connectivity index (χ1v) is 4.83. The highest BCUT2D eigenvalue weighted by Crippen LogP contribution is 2.23. The summed E-state index contributed by atoms with van der Waals surface area (Å²) in [6.45, 7) is 1.29. The normalized spacial score (nSPS) is 12.1. The molecule has 0 spiro atoms. The highest BCUT2D eigenvalue weighted by atomic mass is 32.2. The van der Waals surface area contributed by atoms with Crippen LogP contribution in [0.5, 0.6) is 5.75 Å². The Morgan fingerprint density at radius 3 is 2.64 bits per heavy atom. The van der Waals surface area contributed by atoms with Crippen molar-refractivity contribution in [1.82, 2.24) is 0 Å². The maximum absolute atomic E-state index is 10.8. The molecule has 1 atom stereocenters. The Morgan fingerprint density at radius 1 is 1.50 bits per heavy atom. The third-order valence-electron chi connectivity index (χ3n) is 1.46. The van der Waals surface area contributed by atoms with Crippen LogP contribution >= 0.6 is 0 Å². The molecule has 76 valence electrons. The van der Waals surface area contributed by atoms with E-state index in [1.54, 1.807) is 0 Å². The van der Waals surface area contributed by atoms with Gasteiger partial charge in [0.2, 0.25) is 5.91 Å². The molecule has 0 heterocycles. The molecule has 0 saturated heterocycles. The van der Waals surface area contributed by atoms with Gasteiger partial charge < -0.3 is 15.0 Å². The molecule has 0 aromatic heterocycles. The number of phenolic OH excluding ortho intramolecular Hbond substituents is 1. The van der Waals surface area contributed by atoms with Gasteiger partial charge in [0.05, 0.1) is 10.6 Å². The monoisotopic (exact) mass is 215 g/mol. The molecule has 0 aliphatic heterocycles. The lowest BCUT2D eigenvalue weighted by atomic mass is 10.3. The number of hydrogen-bond donors (Lipinski definition) is 3. The van der Waals surface area contributed by atoms with Crippen molar-refractivity contribution in [3.63, 3.8) is 0 Å². The Balaban J connectivity index is 3.14. The minimum absolute atomic E-state index is 0.0276. The van der Waals surface area contributed by atoms with Crippen LogP contribution in [0.2, 0.25) is 0 Å². The van der Waals surface area contributed by atoms with E-state index in [0.717, 1.165) is 6.07 Å². The van der Waals surface area contributed by atoms with Crippen LogP contribution in [0.1, 0.15) is 6.92 Å². The molecule has 0 radical (unpaired) electrons. The van der Waals surface area contributed by atoms with Crippen molar-refractivity contribution < 1.29 is 18.7 Å². The average molecular weight is 215 g/mol. The number of nitrogens with one attached hydrogen (secondary N) is 1. The van der Waals surface area contributed by atoms with Gasteiger partial charge in [-0.3, -0.25) is 4.79 Å². The van der Waals surface area contributed by atoms with Gasteiger partial charge in [0.25, 0.3) is 0 Å². The minimum atomic E-state index is -2.24. The fourth-order valence-electron chi connectivity index (χ4n) is 0.948. The maximum atomic E-state index is 10.8. The van der Waals surface area contributed by atoms with E-state index in [1.807, 2.05) is 0 Å². The Hall–Kier alpha value is -1.40. The van der Waals surface area contributed by atoms with Gasteiger partial charge in [-0.1, -0.05) is 0 Å². The van der Waals surface area contributed by atoms with Crippen LogP contribution in [0.25, 0.3) is 0 Å². The Labute approximate surface area is 83.0 Å². The van der Waals surface area contributed by atoms with E-state index in [2.05, 4.69) is 5.32 Å². The number of hydrogen-bond acceptors (Lipinski definition) is 3. The molecular weight excluding hydrogens is 206 g/mol. The van der Waals surface area contributed by atoms with Crippen LogP contribution in [0.4, 0.5) is 5.69 Å². The fourth-order valence-corrected chi connectivity index (χ4v) is 1.48. The molecule has 0 fully saturated rings. The molecule has 14 heavy (non-hydrogen) atoms. The number of phenols is 1. The van der Waals surface area contributed by atoms with E-state index in [9.17, 15) is 9.00 Å². The molecule has 1 aromatic carbocycles. The summed E-state index contributed by atoms with van der Waals surface area (Å²) in [5.41, 5.74) is 0.219. The van der Waals surface area contributed by atoms with Crippen molar-refractivity contribution in [3.8, 4) is 5.75 Å². The fraction of sp³-hybridized carbons (Fsp3) is 0.125. The standard InChI is InChI=1S/C8H9NO4S/c1-5(10)9-7-3-2-6(11)4-8(7)14(12)13/h2-4,11H,1H3,(H,9,10)(H,12,13). The molecule has 6 heteroatoms. The van der Waals surface area contributed by atoms with E-state index in [4.69, 9.17) is 9.66 Å². The van der Waals surface area contributed by atoms with Crippen LogP contribution in [0.3, 0.4) is 0 Å². The molecule has 1 amide bonds. The molecule has 0 aliphatic rings. The van der Waals surface area contributed by atoms with Crippen molar-refractivity contribution in [2.75, 3.05) is 5.32 Å². The summed E-state index contributed by atoms with van der Waals surface area (Å²) in [4.78, 5) is 10.7. The van der Waals surface area contributed by atoms with Gasteiger partial charge >= 0.3 is 0 Å². The summed E-state index contributed by atoms with van der Waals surface area (Å²) in [6.07, 6.45) is 0. The lowest BCUT2D eigenvalue weighted by Crippen LogP contribution is -2.08. The van der Waals surface area contributed by atoms with Crippen LogP contribution in [-0.2, 0) is 15.9 Å². The van der Waals surface area contributed by atoms with Gasteiger partial charge in [-0.15, -0.1) is 0 Å². The number of carbonyl (C=O) groups is 1. The zero-order valence-electron chi connectivity index (χ0n) is 7.35. The highest BCUT2D eigenvalue weighted by Gasteiger charge is 2.09. The number of amides is 1. The van der Waals surface area contributed by atoms with Crippen molar-refractivity contribution in [3.05, 3.63) is 18.2 Å². The Morgan fingerprint density at radius 2 is 2.14 bits per heavy atom. The SMILES string of the molecule is CC(=O)Nc1ccc(O)cc1S(=O)O. The van der Waals surface area contributed by atoms with E-state index in [1.165, 1.54) is 19.1 Å². The minimum Gasteiger partial charge on any atom is -0.508 e. The molecule has 1 unspecified atom stereocenters. The van der Waals surface area contributed by atoms with Gasteiger partial charge in [-0.2, -0.15) is 0 Å². The zero-order chi connectivity index (χ0) is 10.7. The third kappa shape index (κ3) is 2.54. The smallest absolute Gasteiger partial charge is 0.221 e. The van der Waals surface area contributed by atoms with Gasteiger partial charge in [-0.05, 0) is 12.1 Å². The number of aromatic hydroxyl groups is 1. The van der Waals surface area contributed by atoms with Crippen molar-refractivity contribution in [2.45, 2.75) is 11.8 Å². The van der Waals surface area contributed by atoms with Gasteiger partial charge in [0.15, 0.2) is 11.1 Å². The predicted octanol–water partition coefficient (Wildman–Crippen LogP) is 0.931. The van der Waals surface area contributed by atoms with Crippen LogP contribution < -0.4 is 5.32 Å². The second-order valence-corrected chi connectivity index (χ2v) is 3.55. The lowest BCUT2D eigenvalue weighted by Gasteiger charge is -2.06. The molecular formula is C8H9NO4S. The zero-order valence-corrected chi connectivity index (χ0v) is 8.17. The molecule has 0 aliphatic carbocycles. The van der Waals surface area contributed by atoms with Crippen molar-refractivity contribution in [2.24, 2.45) is 0 Å². The topological polar surface area (TPSA) is 86.6 Å². The largest absolute Gasteiger partial charge is 0.508 e. The van der Waals surface area contributed by atoms with Gasteiger partial charge in [0, 0.05) is 13.0 Å². The van der Waals surface area contributed by atoms with Gasteiger partial charge in [0.1, 0.15) is 5.75 Å². The molecule has 1 aromatic rings. The van der Waals surface area contributed by atoms with Crippen molar-refractivity contribution in [1.29, 1.82) is 0 Å². The van der Waals surface area contributed by atoms with Crippen molar-refractivity contribution >= 4 is 22.7 Å². The first-order valence-electron chi connectivity index (χ1n) is 3.72. The molecule has 5 nitrogen and oxygen atoms in total. The number of benzene rings is 1. The van der Waals surface area contributed by atoms with Crippen LogP contribution in [0.15, 0.2) is 23.1 Å². The maximum Gasteiger partial charge on any atom is 0.221 e. The molecule has 0 bridgehead atoms. The summed E-state index contributed by atoms with van der Waals surface area (Å²) in [7, 11) is 0. The number of anilines is 1. The molecule has 0 saturated carbocycles. The number of carbonyl (C=O) groups excluding carboxylic acids is 1. The number of rotatable bonds is 2. The summed E-state index contributed by atoms with van der Waals surface area (Å²) in [5.74, 6) is -0.473.